The van der Waals surface area contributed by atoms with E-state index in [2.05, 4.69) is 22.4 Å². The molecule has 0 atom stereocenters. The minimum atomic E-state index is 0.0748. The van der Waals surface area contributed by atoms with Crippen molar-refractivity contribution in [1.82, 2.24) is 20.4 Å². The first-order chi connectivity index (χ1) is 9.66. The van der Waals surface area contributed by atoms with Crippen molar-refractivity contribution in [1.29, 1.82) is 0 Å². The van der Waals surface area contributed by atoms with Crippen LogP contribution < -0.4 is 5.32 Å². The molecule has 0 radical (unpaired) electrons. The summed E-state index contributed by atoms with van der Waals surface area (Å²) >= 11 is 0. The van der Waals surface area contributed by atoms with Crippen LogP contribution in [-0.4, -0.2) is 40.6 Å². The first-order valence-corrected chi connectivity index (χ1v) is 7.70. The quantitative estimate of drug-likeness (QED) is 0.864. The van der Waals surface area contributed by atoms with Crippen LogP contribution >= 0.6 is 0 Å². The smallest absolute Gasteiger partial charge is 0.274 e. The average molecular weight is 276 g/mol. The number of fused-ring (bicyclic) bond motifs is 1. The first-order valence-electron chi connectivity index (χ1n) is 7.70. The van der Waals surface area contributed by atoms with Crippen molar-refractivity contribution in [2.75, 3.05) is 13.6 Å². The fourth-order valence-corrected chi connectivity index (χ4v) is 3.36. The minimum absolute atomic E-state index is 0.0748. The molecule has 5 nitrogen and oxygen atoms in total. The van der Waals surface area contributed by atoms with E-state index < -0.39 is 0 Å². The Kier molecular flexibility index (Phi) is 3.78. The standard InChI is InChI=1S/C15H24N4O/c1-10-3-5-11(6-4-10)19(2)15(20)14-12-9-16-8-7-13(12)17-18-14/h10-11,16H,3-9H2,1-2H3,(H,17,18). The zero-order valence-electron chi connectivity index (χ0n) is 12.4. The van der Waals surface area contributed by atoms with Gasteiger partial charge in [0.2, 0.25) is 0 Å². The average Bonchev–Trinajstić information content (AvgIpc) is 2.90. The van der Waals surface area contributed by atoms with E-state index in [1.807, 2.05) is 11.9 Å². The van der Waals surface area contributed by atoms with Gasteiger partial charge in [0.25, 0.3) is 5.91 Å². The van der Waals surface area contributed by atoms with Gasteiger partial charge in [0.15, 0.2) is 5.69 Å². The maximum atomic E-state index is 12.7. The number of carbonyl (C=O) groups is 1. The molecule has 1 amide bonds. The molecule has 0 spiro atoms. The largest absolute Gasteiger partial charge is 0.337 e. The Hall–Kier alpha value is -1.36. The Morgan fingerprint density at radius 2 is 2.05 bits per heavy atom. The number of aromatic nitrogens is 2. The highest BCUT2D eigenvalue weighted by molar-refractivity contribution is 5.94. The van der Waals surface area contributed by atoms with E-state index in [4.69, 9.17) is 0 Å². The van der Waals surface area contributed by atoms with Crippen LogP contribution in [0.15, 0.2) is 0 Å². The third kappa shape index (κ3) is 2.46. The lowest BCUT2D eigenvalue weighted by atomic mass is 9.86. The maximum absolute atomic E-state index is 12.7. The fourth-order valence-electron chi connectivity index (χ4n) is 3.36. The number of H-pyrrole nitrogens is 1. The summed E-state index contributed by atoms with van der Waals surface area (Å²) < 4.78 is 0. The summed E-state index contributed by atoms with van der Waals surface area (Å²) in [7, 11) is 1.93. The van der Waals surface area contributed by atoms with Crippen molar-refractivity contribution in [3.05, 3.63) is 17.0 Å². The van der Waals surface area contributed by atoms with Crippen molar-refractivity contribution >= 4 is 5.91 Å². The minimum Gasteiger partial charge on any atom is -0.337 e. The van der Waals surface area contributed by atoms with E-state index in [1.165, 1.54) is 12.8 Å². The molecule has 2 heterocycles. The highest BCUT2D eigenvalue weighted by Gasteiger charge is 2.29. The van der Waals surface area contributed by atoms with Gasteiger partial charge < -0.3 is 10.2 Å². The summed E-state index contributed by atoms with van der Waals surface area (Å²) in [6.07, 6.45) is 5.62. The van der Waals surface area contributed by atoms with Crippen molar-refractivity contribution in [2.24, 2.45) is 5.92 Å². The lowest BCUT2D eigenvalue weighted by Crippen LogP contribution is -2.40. The topological polar surface area (TPSA) is 61.0 Å². The molecule has 0 unspecified atom stereocenters. The summed E-state index contributed by atoms with van der Waals surface area (Å²) in [5.74, 6) is 0.878. The molecule has 1 saturated carbocycles. The number of amides is 1. The van der Waals surface area contributed by atoms with Gasteiger partial charge in [0.1, 0.15) is 0 Å². The van der Waals surface area contributed by atoms with Crippen LogP contribution in [-0.2, 0) is 13.0 Å². The van der Waals surface area contributed by atoms with Gasteiger partial charge in [-0.25, -0.2) is 0 Å². The number of rotatable bonds is 2. The van der Waals surface area contributed by atoms with E-state index in [0.29, 0.717) is 11.7 Å². The fraction of sp³-hybridized carbons (Fsp3) is 0.733. The molecule has 1 aromatic heterocycles. The van der Waals surface area contributed by atoms with Crippen molar-refractivity contribution in [2.45, 2.75) is 51.6 Å². The van der Waals surface area contributed by atoms with Crippen molar-refractivity contribution < 1.29 is 4.79 Å². The molecule has 2 aliphatic rings. The second-order valence-corrected chi connectivity index (χ2v) is 6.29. The van der Waals surface area contributed by atoms with Crippen LogP contribution in [0.25, 0.3) is 0 Å². The highest BCUT2D eigenvalue weighted by atomic mass is 16.2. The molecule has 110 valence electrons. The monoisotopic (exact) mass is 276 g/mol. The van der Waals surface area contributed by atoms with Gasteiger partial charge in [-0.15, -0.1) is 0 Å². The lowest BCUT2D eigenvalue weighted by molar-refractivity contribution is 0.0672. The van der Waals surface area contributed by atoms with Crippen molar-refractivity contribution in [3.63, 3.8) is 0 Å². The summed E-state index contributed by atoms with van der Waals surface area (Å²) in [4.78, 5) is 14.6. The maximum Gasteiger partial charge on any atom is 0.274 e. The third-order valence-electron chi connectivity index (χ3n) is 4.86. The van der Waals surface area contributed by atoms with Gasteiger partial charge >= 0.3 is 0 Å². The second kappa shape index (κ2) is 5.56. The number of aromatic amines is 1. The Labute approximate surface area is 120 Å². The highest BCUT2D eigenvalue weighted by Crippen LogP contribution is 2.27. The van der Waals surface area contributed by atoms with E-state index in [-0.39, 0.29) is 5.91 Å². The summed E-state index contributed by atoms with van der Waals surface area (Å²) in [5.41, 5.74) is 2.81. The molecular formula is C15H24N4O. The van der Waals surface area contributed by atoms with Gasteiger partial charge in [0.05, 0.1) is 0 Å². The summed E-state index contributed by atoms with van der Waals surface area (Å²) in [5, 5.41) is 10.6. The number of nitrogens with zero attached hydrogens (tertiary/aromatic N) is 2. The molecule has 3 rings (SSSR count). The van der Waals surface area contributed by atoms with Crippen LogP contribution in [0.4, 0.5) is 0 Å². The predicted octanol–water partition coefficient (Wildman–Crippen LogP) is 1.71. The number of hydrogen-bond acceptors (Lipinski definition) is 3. The van der Waals surface area contributed by atoms with Crippen molar-refractivity contribution in [3.8, 4) is 0 Å². The second-order valence-electron chi connectivity index (χ2n) is 6.29. The molecular weight excluding hydrogens is 252 g/mol. The first kappa shape index (κ1) is 13.6. The molecule has 20 heavy (non-hydrogen) atoms. The van der Waals surface area contributed by atoms with E-state index in [1.54, 1.807) is 0 Å². The molecule has 1 aromatic rings. The number of nitrogens with one attached hydrogen (secondary N) is 2. The van der Waals surface area contributed by atoms with Crippen LogP contribution in [0, 0.1) is 5.92 Å². The Morgan fingerprint density at radius 3 is 2.80 bits per heavy atom. The molecule has 0 saturated heterocycles. The Balaban J connectivity index is 1.73. The zero-order chi connectivity index (χ0) is 14.1. The molecule has 1 fully saturated rings. The normalized spacial score (nSPS) is 26.1. The van der Waals surface area contributed by atoms with Crippen LogP contribution in [0.5, 0.6) is 0 Å². The molecule has 1 aliphatic heterocycles. The molecule has 0 aromatic carbocycles. The van der Waals surface area contributed by atoms with Crippen LogP contribution in [0.2, 0.25) is 0 Å². The van der Waals surface area contributed by atoms with E-state index in [0.717, 1.165) is 49.5 Å². The van der Waals surface area contributed by atoms with Gasteiger partial charge in [-0.1, -0.05) is 6.92 Å². The molecule has 5 heteroatoms. The van der Waals surface area contributed by atoms with Gasteiger partial charge in [-0.05, 0) is 31.6 Å². The zero-order valence-corrected chi connectivity index (χ0v) is 12.4. The van der Waals surface area contributed by atoms with E-state index >= 15 is 0 Å². The van der Waals surface area contributed by atoms with E-state index in [9.17, 15) is 4.79 Å². The van der Waals surface area contributed by atoms with Gasteiger partial charge in [0, 0.05) is 43.9 Å². The SMILES string of the molecule is CC1CCC(N(C)C(=O)c2n[nH]c3c2CNCC3)CC1. The third-order valence-corrected chi connectivity index (χ3v) is 4.86. The molecule has 1 aliphatic carbocycles. The Morgan fingerprint density at radius 1 is 1.30 bits per heavy atom. The predicted molar refractivity (Wildman–Crippen MR) is 77.5 cm³/mol. The van der Waals surface area contributed by atoms with Crippen LogP contribution in [0.1, 0.15) is 54.4 Å². The molecule has 0 bridgehead atoms. The Bertz CT molecular complexity index is 488. The molecule has 2 N–H and O–H groups in total. The van der Waals surface area contributed by atoms with Gasteiger partial charge in [-0.3, -0.25) is 9.89 Å². The van der Waals surface area contributed by atoms with Gasteiger partial charge in [-0.2, -0.15) is 5.10 Å². The number of hydrogen-bond donors (Lipinski definition) is 2. The summed E-state index contributed by atoms with van der Waals surface area (Å²) in [6, 6.07) is 0.377. The number of carbonyl (C=O) groups excluding carboxylic acids is 1. The lowest BCUT2D eigenvalue weighted by Gasteiger charge is -2.33. The van der Waals surface area contributed by atoms with Crippen LogP contribution in [0.3, 0.4) is 0 Å². The summed E-state index contributed by atoms with van der Waals surface area (Å²) in [6.45, 7) is 4.01.